The average Bonchev–Trinajstić information content (AvgIpc) is 2.49. The fourth-order valence-corrected chi connectivity index (χ4v) is 2.83. The Kier molecular flexibility index (Phi) is 5.00. The molecule has 0 spiro atoms. The molecule has 6 heteroatoms. The van der Waals surface area contributed by atoms with E-state index in [1.165, 1.54) is 0 Å². The molecule has 1 aromatic heterocycles. The van der Waals surface area contributed by atoms with E-state index in [0.29, 0.717) is 16.5 Å². The van der Waals surface area contributed by atoms with E-state index in [1.54, 1.807) is 20.4 Å². The van der Waals surface area contributed by atoms with E-state index in [4.69, 9.17) is 27.4 Å². The molecule has 1 aliphatic rings. The summed E-state index contributed by atoms with van der Waals surface area (Å²) in [6.07, 6.45) is 3.71. The predicted molar refractivity (Wildman–Crippen MR) is 86.7 cm³/mol. The Labute approximate surface area is 131 Å². The predicted octanol–water partition coefficient (Wildman–Crippen LogP) is 1.99. The van der Waals surface area contributed by atoms with Gasteiger partial charge in [0.05, 0.1) is 19.2 Å². The summed E-state index contributed by atoms with van der Waals surface area (Å²) in [5.74, 6) is 1.43. The van der Waals surface area contributed by atoms with Crippen LogP contribution in [0, 0.1) is 5.41 Å². The quantitative estimate of drug-likeness (QED) is 0.839. The number of thiocarbonyl (C=S) groups is 1. The number of pyridine rings is 1. The van der Waals surface area contributed by atoms with E-state index in [0.717, 1.165) is 38.2 Å². The molecule has 116 valence electrons. The number of nitrogens with two attached hydrogens (primary N) is 1. The van der Waals surface area contributed by atoms with Gasteiger partial charge < -0.3 is 15.2 Å². The van der Waals surface area contributed by atoms with E-state index in [1.807, 2.05) is 6.07 Å². The Hall–Kier alpha value is -1.40. The highest BCUT2D eigenvalue weighted by atomic mass is 32.1. The summed E-state index contributed by atoms with van der Waals surface area (Å²) in [6.45, 7) is 4.80. The first kappa shape index (κ1) is 16.0. The number of hydrogen-bond donors (Lipinski definition) is 1. The van der Waals surface area contributed by atoms with E-state index in [-0.39, 0.29) is 5.41 Å². The van der Waals surface area contributed by atoms with Gasteiger partial charge >= 0.3 is 0 Å². The third-order valence-electron chi connectivity index (χ3n) is 4.29. The van der Waals surface area contributed by atoms with Crippen LogP contribution >= 0.6 is 12.2 Å². The largest absolute Gasteiger partial charge is 0.493 e. The minimum Gasteiger partial charge on any atom is -0.493 e. The molecule has 0 amide bonds. The van der Waals surface area contributed by atoms with Gasteiger partial charge in [-0.05, 0) is 25.9 Å². The molecular formula is C15H23N3O2S. The lowest BCUT2D eigenvalue weighted by atomic mass is 9.80. The average molecular weight is 309 g/mol. The molecule has 1 aromatic rings. The highest BCUT2D eigenvalue weighted by molar-refractivity contribution is 7.80. The van der Waals surface area contributed by atoms with Crippen LogP contribution in [-0.4, -0.2) is 42.2 Å². The minimum atomic E-state index is -0.0161. The third kappa shape index (κ3) is 3.44. The van der Waals surface area contributed by atoms with Crippen LogP contribution in [-0.2, 0) is 6.54 Å². The topological polar surface area (TPSA) is 60.6 Å². The molecule has 2 rings (SSSR count). The monoisotopic (exact) mass is 309 g/mol. The number of aromatic nitrogens is 1. The summed E-state index contributed by atoms with van der Waals surface area (Å²) in [4.78, 5) is 7.40. The molecule has 0 aliphatic carbocycles. The van der Waals surface area contributed by atoms with Crippen LogP contribution in [0.1, 0.15) is 25.5 Å². The van der Waals surface area contributed by atoms with Crippen LogP contribution in [0.5, 0.6) is 11.5 Å². The smallest absolute Gasteiger partial charge is 0.183 e. The van der Waals surface area contributed by atoms with Gasteiger partial charge in [-0.3, -0.25) is 9.88 Å². The van der Waals surface area contributed by atoms with Crippen LogP contribution in [0.25, 0.3) is 0 Å². The molecule has 1 fully saturated rings. The normalized spacial score (nSPS) is 18.2. The van der Waals surface area contributed by atoms with Gasteiger partial charge in [-0.25, -0.2) is 0 Å². The number of methoxy groups -OCH3 is 2. The van der Waals surface area contributed by atoms with Gasteiger partial charge in [-0.2, -0.15) is 0 Å². The van der Waals surface area contributed by atoms with Crippen molar-refractivity contribution in [1.82, 2.24) is 9.88 Å². The Morgan fingerprint density at radius 3 is 2.57 bits per heavy atom. The lowest BCUT2D eigenvalue weighted by Crippen LogP contribution is -2.44. The van der Waals surface area contributed by atoms with Gasteiger partial charge in [0.15, 0.2) is 11.5 Å². The summed E-state index contributed by atoms with van der Waals surface area (Å²) in [7, 11) is 3.28. The molecule has 5 nitrogen and oxygen atoms in total. The van der Waals surface area contributed by atoms with Gasteiger partial charge in [0.2, 0.25) is 0 Å². The maximum atomic E-state index is 5.85. The second-order valence-corrected chi connectivity index (χ2v) is 6.13. The SMILES string of the molecule is COc1ccnc(CN2CCC(C)(C(N)=S)CC2)c1OC. The number of piperidine rings is 1. The maximum Gasteiger partial charge on any atom is 0.183 e. The van der Waals surface area contributed by atoms with Crippen molar-refractivity contribution >= 4 is 17.2 Å². The van der Waals surface area contributed by atoms with Crippen molar-refractivity contribution in [3.8, 4) is 11.5 Å². The van der Waals surface area contributed by atoms with Crippen molar-refractivity contribution in [3.63, 3.8) is 0 Å². The summed E-state index contributed by atoms with van der Waals surface area (Å²) < 4.78 is 10.7. The molecule has 1 saturated heterocycles. The first-order chi connectivity index (χ1) is 10.00. The van der Waals surface area contributed by atoms with Gasteiger partial charge in [0.25, 0.3) is 0 Å². The number of hydrogen-bond acceptors (Lipinski definition) is 5. The molecule has 0 atom stereocenters. The molecule has 0 saturated carbocycles. The van der Waals surface area contributed by atoms with Crippen LogP contribution < -0.4 is 15.2 Å². The highest BCUT2D eigenvalue weighted by Gasteiger charge is 2.33. The van der Waals surface area contributed by atoms with E-state index >= 15 is 0 Å². The minimum absolute atomic E-state index is 0.0161. The third-order valence-corrected chi connectivity index (χ3v) is 4.79. The molecule has 0 unspecified atom stereocenters. The molecule has 2 N–H and O–H groups in total. The number of likely N-dealkylation sites (tertiary alicyclic amines) is 1. The Morgan fingerprint density at radius 2 is 2.05 bits per heavy atom. The van der Waals surface area contributed by atoms with Crippen LogP contribution in [0.2, 0.25) is 0 Å². The van der Waals surface area contributed by atoms with Crippen LogP contribution in [0.4, 0.5) is 0 Å². The second kappa shape index (κ2) is 6.58. The standard InChI is InChI=1S/C15H23N3O2S/c1-15(14(16)21)5-8-18(9-6-15)10-11-13(20-3)12(19-2)4-7-17-11/h4,7H,5-6,8-10H2,1-3H3,(H2,16,21). The lowest BCUT2D eigenvalue weighted by Gasteiger charge is -2.38. The van der Waals surface area contributed by atoms with E-state index in [2.05, 4.69) is 16.8 Å². The van der Waals surface area contributed by atoms with Crippen molar-refractivity contribution in [2.24, 2.45) is 11.1 Å². The van der Waals surface area contributed by atoms with Crippen LogP contribution in [0.3, 0.4) is 0 Å². The van der Waals surface area contributed by atoms with Crippen molar-refractivity contribution in [1.29, 1.82) is 0 Å². The zero-order valence-electron chi connectivity index (χ0n) is 12.9. The Bertz CT molecular complexity index is 514. The maximum absolute atomic E-state index is 5.85. The molecule has 0 radical (unpaired) electrons. The van der Waals surface area contributed by atoms with E-state index in [9.17, 15) is 0 Å². The van der Waals surface area contributed by atoms with Crippen molar-refractivity contribution in [2.75, 3.05) is 27.3 Å². The highest BCUT2D eigenvalue weighted by Crippen LogP contribution is 2.34. The first-order valence-corrected chi connectivity index (χ1v) is 7.49. The molecule has 0 aromatic carbocycles. The van der Waals surface area contributed by atoms with Crippen LogP contribution in [0.15, 0.2) is 12.3 Å². The number of nitrogens with zero attached hydrogens (tertiary/aromatic N) is 2. The second-order valence-electron chi connectivity index (χ2n) is 5.69. The van der Waals surface area contributed by atoms with Crippen molar-refractivity contribution in [3.05, 3.63) is 18.0 Å². The molecular weight excluding hydrogens is 286 g/mol. The fraction of sp³-hybridized carbons (Fsp3) is 0.600. The summed E-state index contributed by atoms with van der Waals surface area (Å²) in [5, 5.41) is 0. The molecule has 0 bridgehead atoms. The molecule has 1 aliphatic heterocycles. The first-order valence-electron chi connectivity index (χ1n) is 7.08. The van der Waals surface area contributed by atoms with Gasteiger partial charge in [0, 0.05) is 24.2 Å². The summed E-state index contributed by atoms with van der Waals surface area (Å²) >= 11 is 5.18. The van der Waals surface area contributed by atoms with Gasteiger partial charge in [0.1, 0.15) is 5.69 Å². The zero-order valence-corrected chi connectivity index (χ0v) is 13.7. The molecule has 21 heavy (non-hydrogen) atoms. The Balaban J connectivity index is 2.06. The van der Waals surface area contributed by atoms with Crippen molar-refractivity contribution < 1.29 is 9.47 Å². The van der Waals surface area contributed by atoms with Gasteiger partial charge in [-0.15, -0.1) is 0 Å². The summed E-state index contributed by atoms with van der Waals surface area (Å²) in [5.41, 5.74) is 6.73. The van der Waals surface area contributed by atoms with E-state index < -0.39 is 0 Å². The van der Waals surface area contributed by atoms with Gasteiger partial charge in [-0.1, -0.05) is 19.1 Å². The number of rotatable bonds is 5. The summed E-state index contributed by atoms with van der Waals surface area (Å²) in [6, 6.07) is 1.81. The zero-order chi connectivity index (χ0) is 15.5. The molecule has 2 heterocycles. The fourth-order valence-electron chi connectivity index (χ4n) is 2.63. The number of ether oxygens (including phenoxy) is 2. The lowest BCUT2D eigenvalue weighted by molar-refractivity contribution is 0.154. The van der Waals surface area contributed by atoms with Crippen molar-refractivity contribution in [2.45, 2.75) is 26.3 Å². The Morgan fingerprint density at radius 1 is 1.38 bits per heavy atom.